The Bertz CT molecular complexity index is 455. The summed E-state index contributed by atoms with van der Waals surface area (Å²) in [6.07, 6.45) is -0.510. The van der Waals surface area contributed by atoms with Crippen molar-refractivity contribution in [3.63, 3.8) is 0 Å². The average Bonchev–Trinajstić information content (AvgIpc) is 2.38. The van der Waals surface area contributed by atoms with Gasteiger partial charge in [-0.2, -0.15) is 0 Å². The van der Waals surface area contributed by atoms with Gasteiger partial charge in [-0.3, -0.25) is 4.90 Å². The topological polar surface area (TPSA) is 51.2 Å². The minimum Gasteiger partial charge on any atom is -0.467 e. The number of aliphatic hydroxyl groups is 1. The van der Waals surface area contributed by atoms with Gasteiger partial charge in [-0.15, -0.1) is 0 Å². The average molecular weight is 302 g/mol. The summed E-state index contributed by atoms with van der Waals surface area (Å²) in [6, 6.07) is 3.75. The highest BCUT2D eigenvalue weighted by atomic mass is 35.5. The zero-order valence-corrected chi connectivity index (χ0v) is 12.5. The lowest BCUT2D eigenvalue weighted by molar-refractivity contribution is -0.0176. The molecule has 1 N–H and O–H groups in total. The molecule has 112 valence electrons. The largest absolute Gasteiger partial charge is 0.467 e. The number of nitrogens with zero attached hydrogens (tertiary/aromatic N) is 1. The van der Waals surface area contributed by atoms with E-state index in [1.54, 1.807) is 7.11 Å². The molecule has 1 atom stereocenters. The van der Waals surface area contributed by atoms with Crippen molar-refractivity contribution in [2.75, 3.05) is 34.1 Å². The maximum Gasteiger partial charge on any atom is 0.189 e. The van der Waals surface area contributed by atoms with Gasteiger partial charge in [0.1, 0.15) is 5.75 Å². The number of fused-ring (bicyclic) bond motifs is 1. The van der Waals surface area contributed by atoms with Crippen molar-refractivity contribution in [3.05, 3.63) is 28.3 Å². The Morgan fingerprint density at radius 2 is 2.30 bits per heavy atom. The molecule has 1 aliphatic rings. The van der Waals surface area contributed by atoms with Crippen molar-refractivity contribution in [1.82, 2.24) is 4.90 Å². The standard InChI is InChI=1S/C14H20ClNO4/c1-16(6-13(17)8-18-2)5-10-3-12(15)4-11-7-19-9-20-14(10)11/h3-4,13,17H,5-9H2,1-2H3. The van der Waals surface area contributed by atoms with Gasteiger partial charge < -0.3 is 19.3 Å². The van der Waals surface area contributed by atoms with E-state index in [4.69, 9.17) is 25.8 Å². The third-order valence-electron chi connectivity index (χ3n) is 3.07. The lowest BCUT2D eigenvalue weighted by Gasteiger charge is -2.25. The Labute approximate surface area is 124 Å². The van der Waals surface area contributed by atoms with Gasteiger partial charge in [0.05, 0.1) is 19.3 Å². The molecule has 5 nitrogen and oxygen atoms in total. The SMILES string of the molecule is COCC(O)CN(C)Cc1cc(Cl)cc2c1OCOC2. The van der Waals surface area contributed by atoms with Gasteiger partial charge in [-0.1, -0.05) is 11.6 Å². The van der Waals surface area contributed by atoms with E-state index in [9.17, 15) is 5.11 Å². The Hall–Kier alpha value is -0.850. The fourth-order valence-corrected chi connectivity index (χ4v) is 2.60. The lowest BCUT2D eigenvalue weighted by Crippen LogP contribution is -2.31. The van der Waals surface area contributed by atoms with Crippen molar-refractivity contribution >= 4 is 11.6 Å². The summed E-state index contributed by atoms with van der Waals surface area (Å²) >= 11 is 6.12. The Kier molecular flexibility index (Phi) is 5.63. The predicted octanol–water partition coefficient (Wildman–Crippen LogP) is 1.65. The molecule has 1 unspecified atom stereocenters. The number of benzene rings is 1. The zero-order valence-electron chi connectivity index (χ0n) is 11.8. The summed E-state index contributed by atoms with van der Waals surface area (Å²) in [7, 11) is 3.51. The van der Waals surface area contributed by atoms with Gasteiger partial charge in [0.2, 0.25) is 0 Å². The highest BCUT2D eigenvalue weighted by Crippen LogP contribution is 2.32. The van der Waals surface area contributed by atoms with E-state index in [-0.39, 0.29) is 6.79 Å². The molecule has 1 heterocycles. The van der Waals surface area contributed by atoms with Crippen molar-refractivity contribution in [3.8, 4) is 5.75 Å². The molecule has 0 bridgehead atoms. The van der Waals surface area contributed by atoms with E-state index in [0.29, 0.717) is 31.3 Å². The fraction of sp³-hybridized carbons (Fsp3) is 0.571. The summed E-state index contributed by atoms with van der Waals surface area (Å²) in [5.41, 5.74) is 1.97. The predicted molar refractivity (Wildman–Crippen MR) is 76.0 cm³/mol. The van der Waals surface area contributed by atoms with E-state index >= 15 is 0 Å². The first-order chi connectivity index (χ1) is 9.60. The number of hydrogen-bond donors (Lipinski definition) is 1. The molecular weight excluding hydrogens is 282 g/mol. The van der Waals surface area contributed by atoms with Gasteiger partial charge in [0, 0.05) is 36.3 Å². The summed E-state index contributed by atoms with van der Waals surface area (Å²) in [6.45, 7) is 2.26. The molecule has 0 saturated carbocycles. The normalized spacial score (nSPS) is 15.8. The number of ether oxygens (including phenoxy) is 3. The second-order valence-electron chi connectivity index (χ2n) is 4.97. The van der Waals surface area contributed by atoms with Crippen LogP contribution >= 0.6 is 11.6 Å². The van der Waals surface area contributed by atoms with Crippen LogP contribution in [0.15, 0.2) is 12.1 Å². The molecule has 1 aliphatic heterocycles. The molecule has 20 heavy (non-hydrogen) atoms. The van der Waals surface area contributed by atoms with Crippen LogP contribution in [0.4, 0.5) is 0 Å². The molecule has 0 fully saturated rings. The van der Waals surface area contributed by atoms with E-state index in [1.165, 1.54) is 0 Å². The highest BCUT2D eigenvalue weighted by Gasteiger charge is 2.18. The fourth-order valence-electron chi connectivity index (χ4n) is 2.33. The Morgan fingerprint density at radius 1 is 1.50 bits per heavy atom. The number of halogens is 1. The van der Waals surface area contributed by atoms with Gasteiger partial charge in [-0.25, -0.2) is 0 Å². The van der Waals surface area contributed by atoms with Crippen molar-refractivity contribution in [2.24, 2.45) is 0 Å². The summed E-state index contributed by atoms with van der Waals surface area (Å²) in [5.74, 6) is 0.841. The Morgan fingerprint density at radius 3 is 3.05 bits per heavy atom. The van der Waals surface area contributed by atoms with E-state index in [2.05, 4.69) is 0 Å². The van der Waals surface area contributed by atoms with Crippen LogP contribution in [0.5, 0.6) is 5.75 Å². The number of likely N-dealkylation sites (N-methyl/N-ethyl adjacent to an activating group) is 1. The van der Waals surface area contributed by atoms with Gasteiger partial charge >= 0.3 is 0 Å². The third kappa shape index (κ3) is 4.07. The van der Waals surface area contributed by atoms with Crippen LogP contribution in [0.1, 0.15) is 11.1 Å². The van der Waals surface area contributed by atoms with Crippen LogP contribution < -0.4 is 4.74 Å². The van der Waals surface area contributed by atoms with E-state index in [0.717, 1.165) is 16.9 Å². The summed E-state index contributed by atoms with van der Waals surface area (Å²) in [5, 5.41) is 10.4. The zero-order chi connectivity index (χ0) is 14.5. The van der Waals surface area contributed by atoms with Gasteiger partial charge in [-0.05, 0) is 19.2 Å². The van der Waals surface area contributed by atoms with Crippen LogP contribution in [-0.2, 0) is 22.6 Å². The Balaban J connectivity index is 2.06. The lowest BCUT2D eigenvalue weighted by atomic mass is 10.1. The maximum atomic E-state index is 9.75. The monoisotopic (exact) mass is 301 g/mol. The second-order valence-corrected chi connectivity index (χ2v) is 5.41. The first-order valence-corrected chi connectivity index (χ1v) is 6.85. The van der Waals surface area contributed by atoms with Crippen molar-refractivity contribution < 1.29 is 19.3 Å². The smallest absolute Gasteiger partial charge is 0.189 e. The molecule has 0 spiro atoms. The molecular formula is C14H20ClNO4. The molecule has 2 rings (SSSR count). The molecule has 0 amide bonds. The molecule has 1 aromatic rings. The number of methoxy groups -OCH3 is 1. The summed E-state index contributed by atoms with van der Waals surface area (Å²) < 4.78 is 15.8. The van der Waals surface area contributed by atoms with Crippen LogP contribution in [0.25, 0.3) is 0 Å². The molecule has 0 aromatic heterocycles. The maximum absolute atomic E-state index is 9.75. The second kappa shape index (κ2) is 7.24. The molecule has 0 aliphatic carbocycles. The first-order valence-electron chi connectivity index (χ1n) is 6.47. The van der Waals surface area contributed by atoms with Crippen molar-refractivity contribution in [2.45, 2.75) is 19.3 Å². The van der Waals surface area contributed by atoms with Crippen LogP contribution in [0.3, 0.4) is 0 Å². The first kappa shape index (κ1) is 15.5. The number of aliphatic hydroxyl groups excluding tert-OH is 1. The van der Waals surface area contributed by atoms with Crippen LogP contribution in [-0.4, -0.2) is 50.2 Å². The highest BCUT2D eigenvalue weighted by molar-refractivity contribution is 6.30. The quantitative estimate of drug-likeness (QED) is 0.866. The summed E-state index contributed by atoms with van der Waals surface area (Å²) in [4.78, 5) is 2.01. The minimum absolute atomic E-state index is 0.262. The molecule has 1 aromatic carbocycles. The number of hydrogen-bond acceptors (Lipinski definition) is 5. The van der Waals surface area contributed by atoms with E-state index < -0.39 is 6.10 Å². The van der Waals surface area contributed by atoms with Gasteiger partial charge in [0.25, 0.3) is 0 Å². The minimum atomic E-state index is -0.510. The molecule has 0 saturated heterocycles. The van der Waals surface area contributed by atoms with Gasteiger partial charge in [0.15, 0.2) is 6.79 Å². The van der Waals surface area contributed by atoms with Crippen LogP contribution in [0.2, 0.25) is 5.02 Å². The van der Waals surface area contributed by atoms with E-state index in [1.807, 2.05) is 24.1 Å². The molecule has 0 radical (unpaired) electrons. The third-order valence-corrected chi connectivity index (χ3v) is 3.29. The van der Waals surface area contributed by atoms with Crippen LogP contribution in [0, 0.1) is 0 Å². The number of rotatable bonds is 6. The molecule has 6 heteroatoms. The van der Waals surface area contributed by atoms with Crippen molar-refractivity contribution in [1.29, 1.82) is 0 Å².